The second-order valence-electron chi connectivity index (χ2n) is 4.92. The Morgan fingerprint density at radius 1 is 1.20 bits per heavy atom. The van der Waals surface area contributed by atoms with E-state index in [0.717, 1.165) is 37.2 Å². The monoisotopic (exact) mass is 275 g/mol. The van der Waals surface area contributed by atoms with Crippen molar-refractivity contribution in [3.8, 4) is 11.3 Å². The Bertz CT molecular complexity index is 548. The molecule has 0 fully saturated rings. The van der Waals surface area contributed by atoms with Crippen LogP contribution >= 0.6 is 0 Å². The summed E-state index contributed by atoms with van der Waals surface area (Å²) in [6.07, 6.45) is 3.83. The zero-order valence-electron chi connectivity index (χ0n) is 12.2. The highest BCUT2D eigenvalue weighted by Crippen LogP contribution is 2.22. The largest absolute Gasteiger partial charge is 0.313 e. The van der Waals surface area contributed by atoms with Crippen molar-refractivity contribution in [3.63, 3.8) is 0 Å². The molecule has 0 aliphatic carbocycles. The summed E-state index contributed by atoms with van der Waals surface area (Å²) in [7, 11) is 0. The summed E-state index contributed by atoms with van der Waals surface area (Å²) in [5.74, 6) is -0.157. The summed E-state index contributed by atoms with van der Waals surface area (Å²) < 4.78 is 16.0. The molecule has 20 heavy (non-hydrogen) atoms. The van der Waals surface area contributed by atoms with Crippen LogP contribution in [0, 0.1) is 5.82 Å². The highest BCUT2D eigenvalue weighted by Gasteiger charge is 2.08. The lowest BCUT2D eigenvalue weighted by Crippen LogP contribution is -2.14. The number of rotatable bonds is 7. The Kier molecular flexibility index (Phi) is 5.30. The molecule has 1 aromatic heterocycles. The molecule has 1 N–H and O–H groups in total. The predicted molar refractivity (Wildman–Crippen MR) is 79.9 cm³/mol. The number of nitrogens with zero attached hydrogens (tertiary/aromatic N) is 2. The van der Waals surface area contributed by atoms with Crippen LogP contribution in [0.2, 0.25) is 0 Å². The van der Waals surface area contributed by atoms with Gasteiger partial charge in [-0.05, 0) is 31.5 Å². The van der Waals surface area contributed by atoms with Crippen LogP contribution in [-0.4, -0.2) is 16.3 Å². The van der Waals surface area contributed by atoms with Crippen molar-refractivity contribution in [2.24, 2.45) is 0 Å². The van der Waals surface area contributed by atoms with Gasteiger partial charge in [0.2, 0.25) is 0 Å². The molecule has 0 unspecified atom stereocenters. The van der Waals surface area contributed by atoms with Crippen molar-refractivity contribution in [1.29, 1.82) is 0 Å². The van der Waals surface area contributed by atoms with Crippen molar-refractivity contribution in [2.75, 3.05) is 6.54 Å². The summed E-state index contributed by atoms with van der Waals surface area (Å²) >= 11 is 0. The Morgan fingerprint density at radius 2 is 2.05 bits per heavy atom. The minimum Gasteiger partial charge on any atom is -0.313 e. The maximum Gasteiger partial charge on any atom is 0.128 e. The molecule has 0 bridgehead atoms. The molecule has 0 spiro atoms. The number of hydrogen-bond donors (Lipinski definition) is 1. The standard InChI is InChI=1S/C16H22FN3/c1-3-8-18-12-14-6-5-13(11-15(14)17)16-7-9-19-20(16)10-4-2/h5-7,9,11,18H,3-4,8,10,12H2,1-2H3. The lowest BCUT2D eigenvalue weighted by Gasteiger charge is -2.09. The van der Waals surface area contributed by atoms with E-state index in [0.29, 0.717) is 12.1 Å². The van der Waals surface area contributed by atoms with Gasteiger partial charge >= 0.3 is 0 Å². The Hall–Kier alpha value is -1.68. The number of hydrogen-bond acceptors (Lipinski definition) is 2. The maximum absolute atomic E-state index is 14.1. The van der Waals surface area contributed by atoms with E-state index in [4.69, 9.17) is 0 Å². The minimum absolute atomic E-state index is 0.157. The molecule has 0 saturated carbocycles. The van der Waals surface area contributed by atoms with Crippen molar-refractivity contribution < 1.29 is 4.39 Å². The van der Waals surface area contributed by atoms with Crippen molar-refractivity contribution >= 4 is 0 Å². The lowest BCUT2D eigenvalue weighted by molar-refractivity contribution is 0.585. The van der Waals surface area contributed by atoms with Crippen LogP contribution in [-0.2, 0) is 13.1 Å². The number of nitrogens with one attached hydrogen (secondary N) is 1. The third-order valence-corrected chi connectivity index (χ3v) is 3.24. The van der Waals surface area contributed by atoms with Crippen molar-refractivity contribution in [1.82, 2.24) is 15.1 Å². The summed E-state index contributed by atoms with van der Waals surface area (Å²) in [5.41, 5.74) is 2.57. The van der Waals surface area contributed by atoms with Crippen molar-refractivity contribution in [2.45, 2.75) is 39.8 Å². The van der Waals surface area contributed by atoms with Gasteiger partial charge in [-0.1, -0.05) is 26.0 Å². The van der Waals surface area contributed by atoms with Gasteiger partial charge in [0.25, 0.3) is 0 Å². The molecule has 0 aliphatic heterocycles. The first kappa shape index (κ1) is 14.7. The van der Waals surface area contributed by atoms with Gasteiger partial charge in [0.15, 0.2) is 0 Å². The fourth-order valence-corrected chi connectivity index (χ4v) is 2.22. The molecule has 3 nitrogen and oxygen atoms in total. The topological polar surface area (TPSA) is 29.9 Å². The highest BCUT2D eigenvalue weighted by atomic mass is 19.1. The van der Waals surface area contributed by atoms with Gasteiger partial charge in [0, 0.05) is 30.4 Å². The fourth-order valence-electron chi connectivity index (χ4n) is 2.22. The van der Waals surface area contributed by atoms with Gasteiger partial charge < -0.3 is 5.32 Å². The molecule has 0 radical (unpaired) electrons. The third-order valence-electron chi connectivity index (χ3n) is 3.24. The Balaban J connectivity index is 2.17. The zero-order chi connectivity index (χ0) is 14.4. The molecule has 108 valence electrons. The summed E-state index contributed by atoms with van der Waals surface area (Å²) in [4.78, 5) is 0. The van der Waals surface area contributed by atoms with Crippen LogP contribution in [0.1, 0.15) is 32.3 Å². The summed E-state index contributed by atoms with van der Waals surface area (Å²) in [5, 5.41) is 7.50. The molecule has 4 heteroatoms. The quantitative estimate of drug-likeness (QED) is 0.782. The number of aryl methyl sites for hydroxylation is 1. The normalized spacial score (nSPS) is 10.9. The van der Waals surface area contributed by atoms with Gasteiger partial charge in [-0.25, -0.2) is 4.39 Å². The minimum atomic E-state index is -0.157. The summed E-state index contributed by atoms with van der Waals surface area (Å²) in [6.45, 7) is 6.54. The number of halogens is 1. The van der Waals surface area contributed by atoms with Gasteiger partial charge in [-0.3, -0.25) is 4.68 Å². The zero-order valence-corrected chi connectivity index (χ0v) is 12.2. The average Bonchev–Trinajstić information content (AvgIpc) is 2.89. The lowest BCUT2D eigenvalue weighted by atomic mass is 10.1. The van der Waals surface area contributed by atoms with Gasteiger partial charge in [0.1, 0.15) is 5.82 Å². The molecule has 0 atom stereocenters. The second kappa shape index (κ2) is 7.20. The van der Waals surface area contributed by atoms with E-state index < -0.39 is 0 Å². The van der Waals surface area contributed by atoms with Crippen LogP contribution in [0.3, 0.4) is 0 Å². The summed E-state index contributed by atoms with van der Waals surface area (Å²) in [6, 6.07) is 7.36. The van der Waals surface area contributed by atoms with E-state index in [1.807, 2.05) is 22.9 Å². The molecule has 0 aliphatic rings. The van der Waals surface area contributed by atoms with Crippen LogP contribution in [0.4, 0.5) is 4.39 Å². The maximum atomic E-state index is 14.1. The van der Waals surface area contributed by atoms with E-state index in [1.165, 1.54) is 0 Å². The number of benzene rings is 1. The van der Waals surface area contributed by atoms with Gasteiger partial charge in [0.05, 0.1) is 5.69 Å². The highest BCUT2D eigenvalue weighted by molar-refractivity contribution is 5.59. The Labute approximate surface area is 119 Å². The van der Waals surface area contributed by atoms with E-state index in [9.17, 15) is 4.39 Å². The third kappa shape index (κ3) is 3.45. The van der Waals surface area contributed by atoms with Crippen LogP contribution in [0.15, 0.2) is 30.5 Å². The first-order valence-corrected chi connectivity index (χ1v) is 7.27. The van der Waals surface area contributed by atoms with E-state index in [-0.39, 0.29) is 5.82 Å². The van der Waals surface area contributed by atoms with E-state index >= 15 is 0 Å². The molecule has 2 rings (SSSR count). The van der Waals surface area contributed by atoms with Crippen molar-refractivity contribution in [3.05, 3.63) is 41.8 Å². The average molecular weight is 275 g/mol. The number of aromatic nitrogens is 2. The van der Waals surface area contributed by atoms with Gasteiger partial charge in [-0.15, -0.1) is 0 Å². The molecular formula is C16H22FN3. The smallest absolute Gasteiger partial charge is 0.128 e. The molecule has 1 aromatic carbocycles. The first-order chi connectivity index (χ1) is 9.76. The predicted octanol–water partition coefficient (Wildman–Crippen LogP) is 3.60. The second-order valence-corrected chi connectivity index (χ2v) is 4.92. The molecule has 2 aromatic rings. The van der Waals surface area contributed by atoms with Crippen LogP contribution in [0.5, 0.6) is 0 Å². The molecular weight excluding hydrogens is 253 g/mol. The van der Waals surface area contributed by atoms with Gasteiger partial charge in [-0.2, -0.15) is 5.10 Å². The molecule has 1 heterocycles. The van der Waals surface area contributed by atoms with E-state index in [1.54, 1.807) is 12.3 Å². The van der Waals surface area contributed by atoms with Crippen LogP contribution in [0.25, 0.3) is 11.3 Å². The SMILES string of the molecule is CCCNCc1ccc(-c2ccnn2CCC)cc1F. The molecule has 0 amide bonds. The molecule has 0 saturated heterocycles. The Morgan fingerprint density at radius 3 is 2.75 bits per heavy atom. The fraction of sp³-hybridized carbons (Fsp3) is 0.438. The first-order valence-electron chi connectivity index (χ1n) is 7.27. The van der Waals surface area contributed by atoms with E-state index in [2.05, 4.69) is 24.3 Å². The van der Waals surface area contributed by atoms with Crippen LogP contribution < -0.4 is 5.32 Å².